The molecule has 1 aromatic carbocycles. The molecule has 1 aromatic heterocycles. The molecule has 0 spiro atoms. The lowest BCUT2D eigenvalue weighted by molar-refractivity contribution is 0.570. The number of primary sulfonamides is 1. The number of halogens is 2. The fourth-order valence-corrected chi connectivity index (χ4v) is 2.51. The first-order valence-electron chi connectivity index (χ1n) is 5.26. The highest BCUT2D eigenvalue weighted by molar-refractivity contribution is 7.89. The Hall–Kier alpha value is -1.51. The van der Waals surface area contributed by atoms with E-state index in [-0.39, 0.29) is 23.0 Å². The summed E-state index contributed by atoms with van der Waals surface area (Å²) >= 11 is 5.68. The molecule has 9 heteroatoms. The Kier molecular flexibility index (Phi) is 3.57. The van der Waals surface area contributed by atoms with E-state index in [1.807, 2.05) is 0 Å². The maximum atomic E-state index is 13.9. The molecule has 2 N–H and O–H groups in total. The number of hydrogen-bond donors (Lipinski definition) is 1. The first kappa shape index (κ1) is 13.9. The van der Waals surface area contributed by atoms with Crippen LogP contribution in [0.3, 0.4) is 0 Å². The van der Waals surface area contributed by atoms with Gasteiger partial charge in [-0.25, -0.2) is 17.9 Å². The van der Waals surface area contributed by atoms with Crippen molar-refractivity contribution < 1.29 is 12.8 Å². The lowest BCUT2D eigenvalue weighted by atomic mass is 10.2. The van der Waals surface area contributed by atoms with E-state index in [2.05, 4.69) is 10.2 Å². The van der Waals surface area contributed by atoms with E-state index in [1.165, 1.54) is 22.8 Å². The molecule has 1 heterocycles. The lowest BCUT2D eigenvalue weighted by Gasteiger charge is -2.07. The Labute approximate surface area is 114 Å². The smallest absolute Gasteiger partial charge is 0.273 e. The molecule has 0 fully saturated rings. The first-order chi connectivity index (χ1) is 8.86. The molecule has 0 radical (unpaired) electrons. The maximum absolute atomic E-state index is 13.9. The predicted octanol–water partition coefficient (Wildman–Crippen LogP) is 1.40. The van der Waals surface area contributed by atoms with Gasteiger partial charge in [-0.3, -0.25) is 4.57 Å². The molecule has 0 unspecified atom stereocenters. The van der Waals surface area contributed by atoms with Crippen LogP contribution in [0.2, 0.25) is 5.02 Å². The third-order valence-corrected chi connectivity index (χ3v) is 3.58. The average molecular weight is 305 g/mol. The maximum Gasteiger partial charge on any atom is 0.273 e. The summed E-state index contributed by atoms with van der Waals surface area (Å²) in [5.74, 6) is -0.626. The fraction of sp³-hybridized carbons (Fsp3) is 0.200. The summed E-state index contributed by atoms with van der Waals surface area (Å²) in [6.07, 6.45) is 0. The largest absolute Gasteiger partial charge is 0.297 e. The van der Waals surface area contributed by atoms with Crippen LogP contribution in [0.15, 0.2) is 23.4 Å². The number of rotatable bonds is 3. The van der Waals surface area contributed by atoms with Gasteiger partial charge in [-0.05, 0) is 19.1 Å². The molecular weight excluding hydrogens is 295 g/mol. The zero-order valence-electron chi connectivity index (χ0n) is 9.84. The molecule has 6 nitrogen and oxygen atoms in total. The molecule has 102 valence electrons. The van der Waals surface area contributed by atoms with Crippen molar-refractivity contribution in [1.82, 2.24) is 14.8 Å². The lowest BCUT2D eigenvalue weighted by Crippen LogP contribution is -2.18. The van der Waals surface area contributed by atoms with Crippen molar-refractivity contribution in [2.24, 2.45) is 5.14 Å². The molecule has 2 aromatic rings. The van der Waals surface area contributed by atoms with Gasteiger partial charge >= 0.3 is 0 Å². The van der Waals surface area contributed by atoms with Gasteiger partial charge in [-0.1, -0.05) is 17.7 Å². The van der Waals surface area contributed by atoms with Gasteiger partial charge in [-0.15, -0.1) is 10.2 Å². The zero-order chi connectivity index (χ0) is 14.2. The van der Waals surface area contributed by atoms with Crippen molar-refractivity contribution >= 4 is 21.6 Å². The SMILES string of the molecule is CCn1c(-c2cccc(Cl)c2F)nnc1S(N)(=O)=O. The van der Waals surface area contributed by atoms with Crippen molar-refractivity contribution in [2.45, 2.75) is 18.6 Å². The third kappa shape index (κ3) is 2.46. The normalized spacial score (nSPS) is 11.8. The summed E-state index contributed by atoms with van der Waals surface area (Å²) in [7, 11) is -4.02. The molecule has 0 aliphatic heterocycles. The van der Waals surface area contributed by atoms with Crippen molar-refractivity contribution in [1.29, 1.82) is 0 Å². The van der Waals surface area contributed by atoms with Crippen molar-refractivity contribution in [3.8, 4) is 11.4 Å². The quantitative estimate of drug-likeness (QED) is 0.928. The van der Waals surface area contributed by atoms with Gasteiger partial charge in [0, 0.05) is 6.54 Å². The van der Waals surface area contributed by atoms with Crippen LogP contribution in [0.25, 0.3) is 11.4 Å². The Morgan fingerprint density at radius 2 is 2.11 bits per heavy atom. The van der Waals surface area contributed by atoms with Crippen LogP contribution in [0.1, 0.15) is 6.92 Å². The van der Waals surface area contributed by atoms with Crippen LogP contribution in [0.5, 0.6) is 0 Å². The molecule has 0 aliphatic carbocycles. The van der Waals surface area contributed by atoms with Gasteiger partial charge in [0.1, 0.15) is 0 Å². The molecule has 19 heavy (non-hydrogen) atoms. The van der Waals surface area contributed by atoms with E-state index in [0.717, 1.165) is 0 Å². The van der Waals surface area contributed by atoms with Crippen LogP contribution in [-0.4, -0.2) is 23.2 Å². The fourth-order valence-electron chi connectivity index (χ4n) is 1.66. The highest BCUT2D eigenvalue weighted by Gasteiger charge is 2.23. The highest BCUT2D eigenvalue weighted by Crippen LogP contribution is 2.27. The summed E-state index contributed by atoms with van der Waals surface area (Å²) in [4.78, 5) is 0. The molecule has 0 saturated heterocycles. The van der Waals surface area contributed by atoms with E-state index in [9.17, 15) is 12.8 Å². The van der Waals surface area contributed by atoms with E-state index < -0.39 is 21.0 Å². The Morgan fingerprint density at radius 1 is 1.42 bits per heavy atom. The summed E-state index contributed by atoms with van der Waals surface area (Å²) in [6.45, 7) is 1.89. The van der Waals surface area contributed by atoms with Gasteiger partial charge in [0.25, 0.3) is 15.2 Å². The zero-order valence-corrected chi connectivity index (χ0v) is 11.4. The molecule has 0 aliphatic rings. The minimum Gasteiger partial charge on any atom is -0.297 e. The second kappa shape index (κ2) is 4.87. The molecule has 0 saturated carbocycles. The van der Waals surface area contributed by atoms with Gasteiger partial charge in [0.05, 0.1) is 10.6 Å². The summed E-state index contributed by atoms with van der Waals surface area (Å²) < 4.78 is 37.8. The number of nitrogens with zero attached hydrogens (tertiary/aromatic N) is 3. The summed E-state index contributed by atoms with van der Waals surface area (Å²) in [6, 6.07) is 4.35. The topological polar surface area (TPSA) is 90.9 Å². The Morgan fingerprint density at radius 3 is 2.68 bits per heavy atom. The van der Waals surface area contributed by atoms with Crippen molar-refractivity contribution in [2.75, 3.05) is 0 Å². The van der Waals surface area contributed by atoms with Crippen LogP contribution < -0.4 is 5.14 Å². The third-order valence-electron chi connectivity index (χ3n) is 2.48. The van der Waals surface area contributed by atoms with Gasteiger partial charge in [0.2, 0.25) is 0 Å². The molecule has 2 rings (SSSR count). The molecule has 0 atom stereocenters. The van der Waals surface area contributed by atoms with Gasteiger partial charge < -0.3 is 0 Å². The van der Waals surface area contributed by atoms with E-state index in [1.54, 1.807) is 6.92 Å². The molecule has 0 bridgehead atoms. The average Bonchev–Trinajstić information content (AvgIpc) is 2.76. The van der Waals surface area contributed by atoms with E-state index in [4.69, 9.17) is 16.7 Å². The van der Waals surface area contributed by atoms with Crippen LogP contribution in [-0.2, 0) is 16.6 Å². The van der Waals surface area contributed by atoms with Crippen molar-refractivity contribution in [3.63, 3.8) is 0 Å². The number of sulfonamides is 1. The molecular formula is C10H10ClFN4O2S. The number of nitrogens with two attached hydrogens (primary N) is 1. The number of benzene rings is 1. The second-order valence-electron chi connectivity index (χ2n) is 3.70. The number of aromatic nitrogens is 3. The standard InChI is InChI=1S/C10H10ClFN4O2S/c1-2-16-9(14-15-10(16)19(13,17)18)6-4-3-5-7(11)8(6)12/h3-5H,2H2,1H3,(H2,13,17,18). The number of hydrogen-bond acceptors (Lipinski definition) is 4. The predicted molar refractivity (Wildman–Crippen MR) is 67.5 cm³/mol. The van der Waals surface area contributed by atoms with Crippen LogP contribution in [0, 0.1) is 5.82 Å². The van der Waals surface area contributed by atoms with E-state index in [0.29, 0.717) is 0 Å². The Bertz CT molecular complexity index is 729. The summed E-state index contributed by atoms with van der Waals surface area (Å²) in [5, 5.41) is 11.7. The minimum absolute atomic E-state index is 0.0616. The van der Waals surface area contributed by atoms with E-state index >= 15 is 0 Å². The Balaban J connectivity index is 2.71. The monoisotopic (exact) mass is 304 g/mol. The summed E-state index contributed by atoms with van der Waals surface area (Å²) in [5.41, 5.74) is 0.0664. The second-order valence-corrected chi connectivity index (χ2v) is 5.56. The van der Waals surface area contributed by atoms with Crippen LogP contribution >= 0.6 is 11.6 Å². The minimum atomic E-state index is -4.02. The first-order valence-corrected chi connectivity index (χ1v) is 7.19. The van der Waals surface area contributed by atoms with Gasteiger partial charge in [0.15, 0.2) is 11.6 Å². The highest BCUT2D eigenvalue weighted by atomic mass is 35.5. The molecule has 0 amide bonds. The van der Waals surface area contributed by atoms with Crippen LogP contribution in [0.4, 0.5) is 4.39 Å². The van der Waals surface area contributed by atoms with Crippen molar-refractivity contribution in [3.05, 3.63) is 29.0 Å². The van der Waals surface area contributed by atoms with Gasteiger partial charge in [-0.2, -0.15) is 0 Å².